The van der Waals surface area contributed by atoms with Gasteiger partial charge in [0.1, 0.15) is 18.3 Å². The lowest BCUT2D eigenvalue weighted by atomic mass is 9.92. The number of rotatable bonds is 3. The van der Waals surface area contributed by atoms with Gasteiger partial charge < -0.3 is 15.3 Å². The zero-order valence-corrected chi connectivity index (χ0v) is 12.3. The van der Waals surface area contributed by atoms with E-state index in [1.165, 1.54) is 17.8 Å². The van der Waals surface area contributed by atoms with Gasteiger partial charge in [0.2, 0.25) is 0 Å². The third-order valence-electron chi connectivity index (χ3n) is 2.84. The minimum Gasteiger partial charge on any atom is -0.387 e. The number of thioether (sulfide) groups is 1. The van der Waals surface area contributed by atoms with E-state index < -0.39 is 24.1 Å². The Morgan fingerprint density at radius 2 is 1.79 bits per heavy atom. The van der Waals surface area contributed by atoms with Crippen LogP contribution in [-0.2, 0) is 4.79 Å². The zero-order chi connectivity index (χ0) is 14.0. The number of hydrogen-bond donors (Lipinski definition) is 3. The molecule has 0 fully saturated rings. The first kappa shape index (κ1) is 14.7. The molecule has 3 atom stereocenters. The number of Topliss-reactive ketones (excluding diaryl/α,β-unsaturated/α-hetero) is 1. The molecule has 0 unspecified atom stereocenters. The van der Waals surface area contributed by atoms with Gasteiger partial charge in [-0.1, -0.05) is 15.9 Å². The molecule has 102 valence electrons. The van der Waals surface area contributed by atoms with Crippen LogP contribution in [0.25, 0.3) is 0 Å². The molecule has 0 saturated carbocycles. The van der Waals surface area contributed by atoms with E-state index in [9.17, 15) is 20.1 Å². The van der Waals surface area contributed by atoms with Crippen LogP contribution in [0.4, 0.5) is 0 Å². The van der Waals surface area contributed by atoms with Crippen LogP contribution in [0.15, 0.2) is 45.3 Å². The summed E-state index contributed by atoms with van der Waals surface area (Å²) in [6, 6.07) is 7.61. The Labute approximate surface area is 123 Å². The van der Waals surface area contributed by atoms with E-state index >= 15 is 0 Å². The number of benzene rings is 1. The lowest BCUT2D eigenvalue weighted by molar-refractivity contribution is -0.134. The van der Waals surface area contributed by atoms with Crippen molar-refractivity contribution in [3.8, 4) is 0 Å². The van der Waals surface area contributed by atoms with Crippen molar-refractivity contribution in [3.05, 3.63) is 40.4 Å². The first-order chi connectivity index (χ1) is 8.99. The number of ketones is 1. The number of aliphatic hydroxyl groups excluding tert-OH is 3. The van der Waals surface area contributed by atoms with Crippen LogP contribution in [0, 0.1) is 0 Å². The fourth-order valence-electron chi connectivity index (χ4n) is 1.73. The number of carbonyl (C=O) groups excluding carboxylic acids is 1. The van der Waals surface area contributed by atoms with Crippen LogP contribution in [-0.4, -0.2) is 45.2 Å². The van der Waals surface area contributed by atoms with E-state index in [-0.39, 0.29) is 0 Å². The molecule has 4 nitrogen and oxygen atoms in total. The molecular formula is C13H13BrO4S. The molecule has 0 heterocycles. The van der Waals surface area contributed by atoms with E-state index in [0.717, 1.165) is 9.37 Å². The first-order valence-electron chi connectivity index (χ1n) is 5.66. The highest BCUT2D eigenvalue weighted by atomic mass is 79.9. The van der Waals surface area contributed by atoms with Crippen LogP contribution in [0.1, 0.15) is 0 Å². The largest absolute Gasteiger partial charge is 0.387 e. The summed E-state index contributed by atoms with van der Waals surface area (Å²) in [5.41, 5.74) is 0.332. The van der Waals surface area contributed by atoms with Gasteiger partial charge in [0.05, 0.1) is 0 Å². The van der Waals surface area contributed by atoms with Gasteiger partial charge in [-0.15, -0.1) is 11.8 Å². The Balaban J connectivity index is 2.04. The number of carbonyl (C=O) groups is 1. The van der Waals surface area contributed by atoms with Gasteiger partial charge >= 0.3 is 0 Å². The molecule has 0 bridgehead atoms. The van der Waals surface area contributed by atoms with Crippen LogP contribution < -0.4 is 0 Å². The molecule has 1 aromatic carbocycles. The Bertz CT molecular complexity index is 500. The minimum absolute atomic E-state index is 0.332. The molecule has 1 aliphatic carbocycles. The van der Waals surface area contributed by atoms with Gasteiger partial charge in [-0.25, -0.2) is 0 Å². The zero-order valence-electron chi connectivity index (χ0n) is 9.86. The monoisotopic (exact) mass is 344 g/mol. The fraction of sp³-hybridized carbons (Fsp3) is 0.308. The topological polar surface area (TPSA) is 77.8 Å². The standard InChI is InChI=1S/C13H13BrO4S/c14-8-1-3-9(4-2-8)19-6-7-5-10(15)12(17)13(18)11(7)16/h1-5,10,12-13,15,17-18H,6H2/t10-,12-,13+/m1/s1. The van der Waals surface area contributed by atoms with Crippen molar-refractivity contribution in [2.75, 3.05) is 5.75 Å². The second-order valence-electron chi connectivity index (χ2n) is 4.22. The molecule has 19 heavy (non-hydrogen) atoms. The minimum atomic E-state index is -1.54. The summed E-state index contributed by atoms with van der Waals surface area (Å²) in [7, 11) is 0. The van der Waals surface area contributed by atoms with Crippen molar-refractivity contribution < 1.29 is 20.1 Å². The van der Waals surface area contributed by atoms with Crippen LogP contribution in [0.5, 0.6) is 0 Å². The maximum absolute atomic E-state index is 11.7. The molecule has 0 amide bonds. The van der Waals surface area contributed by atoms with Crippen molar-refractivity contribution in [3.63, 3.8) is 0 Å². The van der Waals surface area contributed by atoms with Gasteiger partial charge in [0.25, 0.3) is 0 Å². The van der Waals surface area contributed by atoms with Crippen molar-refractivity contribution in [1.29, 1.82) is 0 Å². The maximum Gasteiger partial charge on any atom is 0.190 e. The summed E-state index contributed by atoms with van der Waals surface area (Å²) in [6.45, 7) is 0. The summed E-state index contributed by atoms with van der Waals surface area (Å²) in [5.74, 6) is -0.177. The highest BCUT2D eigenvalue weighted by molar-refractivity contribution is 9.10. The Hall–Kier alpha value is -0.660. The molecule has 0 aromatic heterocycles. The predicted octanol–water partition coefficient (Wildman–Crippen LogP) is 1.13. The highest BCUT2D eigenvalue weighted by Crippen LogP contribution is 2.26. The number of hydrogen-bond acceptors (Lipinski definition) is 5. The normalized spacial score (nSPS) is 27.3. The van der Waals surface area contributed by atoms with Crippen LogP contribution in [0.2, 0.25) is 0 Å². The Kier molecular flexibility index (Phi) is 4.81. The van der Waals surface area contributed by atoms with Crippen molar-refractivity contribution in [1.82, 2.24) is 0 Å². The van der Waals surface area contributed by atoms with E-state index in [1.807, 2.05) is 24.3 Å². The Morgan fingerprint density at radius 1 is 1.16 bits per heavy atom. The third kappa shape index (κ3) is 3.46. The lowest BCUT2D eigenvalue weighted by Crippen LogP contribution is -2.46. The van der Waals surface area contributed by atoms with Crippen LogP contribution >= 0.6 is 27.7 Å². The molecular weight excluding hydrogens is 332 g/mol. The highest BCUT2D eigenvalue weighted by Gasteiger charge is 2.35. The van der Waals surface area contributed by atoms with Crippen molar-refractivity contribution >= 4 is 33.5 Å². The average Bonchev–Trinajstić information content (AvgIpc) is 2.41. The van der Waals surface area contributed by atoms with Gasteiger partial charge in [-0.2, -0.15) is 0 Å². The SMILES string of the molecule is O=C1C(CSc2ccc(Br)cc2)=C[C@@H](O)[C@@H](O)[C@H]1O. The molecule has 6 heteroatoms. The third-order valence-corrected chi connectivity index (χ3v) is 4.43. The first-order valence-corrected chi connectivity index (χ1v) is 7.44. The predicted molar refractivity (Wildman–Crippen MR) is 76.0 cm³/mol. The number of aliphatic hydroxyl groups is 3. The van der Waals surface area contributed by atoms with E-state index in [1.54, 1.807) is 0 Å². The molecule has 0 saturated heterocycles. The molecule has 0 radical (unpaired) electrons. The van der Waals surface area contributed by atoms with E-state index in [4.69, 9.17) is 0 Å². The second-order valence-corrected chi connectivity index (χ2v) is 6.19. The van der Waals surface area contributed by atoms with Gasteiger partial charge in [0, 0.05) is 20.7 Å². The lowest BCUT2D eigenvalue weighted by Gasteiger charge is -2.26. The molecule has 0 aliphatic heterocycles. The van der Waals surface area contributed by atoms with Gasteiger partial charge in [-0.3, -0.25) is 4.79 Å². The molecule has 1 aromatic rings. The smallest absolute Gasteiger partial charge is 0.190 e. The van der Waals surface area contributed by atoms with E-state index in [2.05, 4.69) is 15.9 Å². The van der Waals surface area contributed by atoms with Crippen LogP contribution in [0.3, 0.4) is 0 Å². The summed E-state index contributed by atoms with van der Waals surface area (Å²) in [6.07, 6.45) is -2.87. The molecule has 1 aliphatic rings. The van der Waals surface area contributed by atoms with E-state index in [0.29, 0.717) is 11.3 Å². The van der Waals surface area contributed by atoms with Gasteiger partial charge in [0.15, 0.2) is 5.78 Å². The summed E-state index contributed by atoms with van der Waals surface area (Å²) < 4.78 is 0.971. The molecule has 2 rings (SSSR count). The average molecular weight is 345 g/mol. The van der Waals surface area contributed by atoms with Gasteiger partial charge in [-0.05, 0) is 30.3 Å². The second kappa shape index (κ2) is 6.19. The van der Waals surface area contributed by atoms with Crippen molar-refractivity contribution in [2.24, 2.45) is 0 Å². The fourth-order valence-corrected chi connectivity index (χ4v) is 2.88. The maximum atomic E-state index is 11.7. The summed E-state index contributed by atoms with van der Waals surface area (Å²) in [4.78, 5) is 12.7. The summed E-state index contributed by atoms with van der Waals surface area (Å²) in [5, 5.41) is 28.4. The van der Waals surface area contributed by atoms with Crippen molar-refractivity contribution in [2.45, 2.75) is 23.2 Å². The number of halogens is 1. The quantitative estimate of drug-likeness (QED) is 0.716. The Morgan fingerprint density at radius 3 is 2.42 bits per heavy atom. The summed E-state index contributed by atoms with van der Waals surface area (Å²) >= 11 is 4.77. The molecule has 3 N–H and O–H groups in total. The molecule has 0 spiro atoms.